The fourth-order valence-corrected chi connectivity index (χ4v) is 6.35. The molecule has 0 saturated heterocycles. The molecule has 2 aliphatic rings. The molecule has 0 fully saturated rings. The second-order valence-electron chi connectivity index (χ2n) is 7.36. The molecule has 4 rings (SSSR count). The molecule has 2 aromatic carbocycles. The Balaban J connectivity index is 1.86. The SMILES string of the molecule is CCOP(=O)(OCC)C1=NN[C@]2(CCc3ccccc3C2=O)[C@@H]1c1ccc(Cl)cc1. The Hall–Kier alpha value is -1.98. The van der Waals surface area contributed by atoms with Crippen molar-refractivity contribution in [2.24, 2.45) is 5.10 Å². The molecule has 1 aliphatic heterocycles. The lowest BCUT2D eigenvalue weighted by Gasteiger charge is -2.38. The molecule has 158 valence electrons. The average Bonchev–Trinajstić information content (AvgIpc) is 3.13. The molecule has 0 aromatic heterocycles. The number of Topliss-reactive ketones (excluding diaryl/α,β-unsaturated/α-hetero) is 1. The van der Waals surface area contributed by atoms with Crippen LogP contribution in [-0.4, -0.2) is 30.0 Å². The molecule has 1 heterocycles. The Labute approximate surface area is 181 Å². The molecule has 2 aromatic rings. The van der Waals surface area contributed by atoms with E-state index in [1.807, 2.05) is 36.4 Å². The van der Waals surface area contributed by atoms with E-state index < -0.39 is 19.1 Å². The predicted molar refractivity (Wildman–Crippen MR) is 117 cm³/mol. The van der Waals surface area contributed by atoms with E-state index in [1.54, 1.807) is 26.0 Å². The molecular formula is C22H24ClN2O4P. The van der Waals surface area contributed by atoms with Crippen LogP contribution in [-0.2, 0) is 20.0 Å². The smallest absolute Gasteiger partial charge is 0.305 e. The van der Waals surface area contributed by atoms with Crippen LogP contribution >= 0.6 is 19.2 Å². The number of halogens is 1. The minimum atomic E-state index is -3.70. The summed E-state index contributed by atoms with van der Waals surface area (Å²) in [6.07, 6.45) is 1.22. The molecular weight excluding hydrogens is 423 g/mol. The molecule has 0 bridgehead atoms. The molecule has 6 nitrogen and oxygen atoms in total. The number of carbonyl (C=O) groups is 1. The molecule has 0 saturated carbocycles. The normalized spacial score (nSPS) is 23.2. The minimum absolute atomic E-state index is 0.0670. The third-order valence-corrected chi connectivity index (χ3v) is 8.03. The van der Waals surface area contributed by atoms with Gasteiger partial charge in [0.05, 0.1) is 19.1 Å². The molecule has 1 N–H and O–H groups in total. The van der Waals surface area contributed by atoms with Crippen molar-refractivity contribution < 1.29 is 18.4 Å². The number of carbonyl (C=O) groups excluding carboxylic acids is 1. The van der Waals surface area contributed by atoms with Crippen LogP contribution in [0.15, 0.2) is 53.6 Å². The summed E-state index contributed by atoms with van der Waals surface area (Å²) >= 11 is 6.10. The Bertz CT molecular complexity index is 1030. The number of aryl methyl sites for hydroxylation is 1. The Morgan fingerprint density at radius 2 is 1.80 bits per heavy atom. The molecule has 30 heavy (non-hydrogen) atoms. The highest BCUT2D eigenvalue weighted by atomic mass is 35.5. The number of hydrazone groups is 1. The zero-order chi connectivity index (χ0) is 21.4. The Kier molecular flexibility index (Phi) is 5.86. The monoisotopic (exact) mass is 446 g/mol. The highest BCUT2D eigenvalue weighted by Crippen LogP contribution is 2.58. The maximum absolute atomic E-state index is 13.7. The first-order valence-electron chi connectivity index (χ1n) is 10.1. The van der Waals surface area contributed by atoms with Crippen molar-refractivity contribution in [2.45, 2.75) is 38.1 Å². The predicted octanol–water partition coefficient (Wildman–Crippen LogP) is 5.17. The van der Waals surface area contributed by atoms with Gasteiger partial charge < -0.3 is 9.05 Å². The fourth-order valence-electron chi connectivity index (χ4n) is 4.35. The van der Waals surface area contributed by atoms with Gasteiger partial charge in [0.2, 0.25) is 0 Å². The van der Waals surface area contributed by atoms with Gasteiger partial charge in [0, 0.05) is 10.6 Å². The number of ketones is 1. The van der Waals surface area contributed by atoms with Gasteiger partial charge in [-0.2, -0.15) is 5.10 Å². The van der Waals surface area contributed by atoms with Gasteiger partial charge in [-0.25, -0.2) is 0 Å². The van der Waals surface area contributed by atoms with Gasteiger partial charge in [0.1, 0.15) is 5.54 Å². The van der Waals surface area contributed by atoms with E-state index in [4.69, 9.17) is 20.6 Å². The van der Waals surface area contributed by atoms with E-state index in [1.165, 1.54) is 0 Å². The number of nitrogens with one attached hydrogen (secondary N) is 1. The van der Waals surface area contributed by atoms with Crippen molar-refractivity contribution in [3.8, 4) is 0 Å². The standard InChI is InChI=1S/C22H24ClN2O4P/c1-3-28-30(27,29-4-2)21-19(16-9-11-17(23)12-10-16)22(25-24-21)14-13-15-7-5-6-8-18(15)20(22)26/h5-12,19,25H,3-4,13-14H2,1-2H3/t19-,22-/m1/s1. The number of hydrogen-bond acceptors (Lipinski definition) is 6. The first-order chi connectivity index (χ1) is 14.4. The Morgan fingerprint density at radius 3 is 2.47 bits per heavy atom. The van der Waals surface area contributed by atoms with Gasteiger partial charge in [-0.3, -0.25) is 14.8 Å². The average molecular weight is 447 g/mol. The first-order valence-corrected chi connectivity index (χ1v) is 12.0. The summed E-state index contributed by atoms with van der Waals surface area (Å²) in [6, 6.07) is 14.8. The summed E-state index contributed by atoms with van der Waals surface area (Å²) in [6.45, 7) is 3.91. The van der Waals surface area contributed by atoms with Crippen molar-refractivity contribution >= 4 is 30.4 Å². The number of nitrogens with zero attached hydrogens (tertiary/aromatic N) is 1. The topological polar surface area (TPSA) is 77.0 Å². The van der Waals surface area contributed by atoms with E-state index in [9.17, 15) is 9.36 Å². The number of rotatable bonds is 6. The third kappa shape index (κ3) is 3.42. The van der Waals surface area contributed by atoms with Crippen LogP contribution in [0.1, 0.15) is 47.7 Å². The lowest BCUT2D eigenvalue weighted by atomic mass is 9.69. The molecule has 0 amide bonds. The lowest BCUT2D eigenvalue weighted by molar-refractivity contribution is 0.0826. The highest BCUT2D eigenvalue weighted by Gasteiger charge is 2.58. The van der Waals surface area contributed by atoms with Crippen LogP contribution in [0.3, 0.4) is 0 Å². The maximum Gasteiger partial charge on any atom is 0.377 e. The van der Waals surface area contributed by atoms with Crippen molar-refractivity contribution in [2.75, 3.05) is 13.2 Å². The van der Waals surface area contributed by atoms with Crippen molar-refractivity contribution in [1.29, 1.82) is 0 Å². The summed E-state index contributed by atoms with van der Waals surface area (Å²) < 4.78 is 24.9. The van der Waals surface area contributed by atoms with Gasteiger partial charge in [-0.15, -0.1) is 0 Å². The van der Waals surface area contributed by atoms with Gasteiger partial charge >= 0.3 is 7.60 Å². The van der Waals surface area contributed by atoms with Crippen LogP contribution in [0.5, 0.6) is 0 Å². The highest BCUT2D eigenvalue weighted by molar-refractivity contribution is 7.72. The lowest BCUT2D eigenvalue weighted by Crippen LogP contribution is -2.54. The summed E-state index contributed by atoms with van der Waals surface area (Å²) in [7, 11) is -3.70. The summed E-state index contributed by atoms with van der Waals surface area (Å²) in [4.78, 5) is 13.7. The van der Waals surface area contributed by atoms with Gasteiger partial charge in [-0.1, -0.05) is 48.0 Å². The number of fused-ring (bicyclic) bond motifs is 1. The Morgan fingerprint density at radius 1 is 1.13 bits per heavy atom. The largest absolute Gasteiger partial charge is 0.377 e. The van der Waals surface area contributed by atoms with E-state index in [0.717, 1.165) is 11.1 Å². The quantitative estimate of drug-likeness (QED) is 0.619. The van der Waals surface area contributed by atoms with E-state index in [-0.39, 0.29) is 24.4 Å². The van der Waals surface area contributed by atoms with Crippen LogP contribution in [0.25, 0.3) is 0 Å². The van der Waals surface area contributed by atoms with E-state index in [2.05, 4.69) is 10.5 Å². The van der Waals surface area contributed by atoms with Crippen LogP contribution in [0.2, 0.25) is 5.02 Å². The van der Waals surface area contributed by atoms with Crippen LogP contribution in [0.4, 0.5) is 0 Å². The summed E-state index contributed by atoms with van der Waals surface area (Å²) in [5, 5.41) is 5.00. The summed E-state index contributed by atoms with van der Waals surface area (Å²) in [5.74, 6) is -0.665. The van der Waals surface area contributed by atoms with Gasteiger partial charge in [0.25, 0.3) is 0 Å². The summed E-state index contributed by atoms with van der Waals surface area (Å²) in [5.41, 5.74) is 4.71. The van der Waals surface area contributed by atoms with Crippen LogP contribution < -0.4 is 5.43 Å². The van der Waals surface area contributed by atoms with E-state index in [0.29, 0.717) is 23.4 Å². The minimum Gasteiger partial charge on any atom is -0.305 e. The second-order valence-corrected chi connectivity index (χ2v) is 9.76. The maximum atomic E-state index is 13.7. The van der Waals surface area contributed by atoms with Crippen molar-refractivity contribution in [3.05, 3.63) is 70.2 Å². The molecule has 2 atom stereocenters. The zero-order valence-corrected chi connectivity index (χ0v) is 18.6. The number of hydrogen-bond donors (Lipinski definition) is 1. The molecule has 0 radical (unpaired) electrons. The van der Waals surface area contributed by atoms with Gasteiger partial charge in [0.15, 0.2) is 11.2 Å². The van der Waals surface area contributed by atoms with Crippen molar-refractivity contribution in [1.82, 2.24) is 5.43 Å². The second kappa shape index (κ2) is 8.27. The fraction of sp³-hybridized carbons (Fsp3) is 0.364. The first kappa shape index (κ1) is 21.3. The molecule has 1 aliphatic carbocycles. The van der Waals surface area contributed by atoms with Crippen molar-refractivity contribution in [3.63, 3.8) is 0 Å². The third-order valence-electron chi connectivity index (χ3n) is 5.66. The number of benzene rings is 2. The molecule has 8 heteroatoms. The van der Waals surface area contributed by atoms with Gasteiger partial charge in [-0.05, 0) is 49.9 Å². The molecule has 1 spiro atoms. The van der Waals surface area contributed by atoms with E-state index >= 15 is 0 Å². The molecule has 0 unspecified atom stereocenters. The zero-order valence-electron chi connectivity index (χ0n) is 16.9. The van der Waals surface area contributed by atoms with Crippen LogP contribution in [0, 0.1) is 0 Å².